The molecule has 23 nitrogen and oxygen atoms in total. The van der Waals surface area contributed by atoms with Gasteiger partial charge in [-0.15, -0.1) is 0 Å². The van der Waals surface area contributed by atoms with Crippen LogP contribution in [-0.2, 0) is 50.3 Å². The summed E-state index contributed by atoms with van der Waals surface area (Å²) in [6.07, 6.45) is 2.02. The number of benzene rings is 4. The van der Waals surface area contributed by atoms with E-state index in [-0.39, 0.29) is 72.9 Å². The number of methoxy groups -OCH3 is 5. The molecule has 4 atom stereocenters. The average molecular weight is 1160 g/mol. The van der Waals surface area contributed by atoms with Crippen LogP contribution in [0.5, 0.6) is 29.0 Å². The lowest BCUT2D eigenvalue weighted by Crippen LogP contribution is -2.68. The molecule has 82 heavy (non-hydrogen) atoms. The maximum Gasteiger partial charge on any atom is 0.274 e. The number of amides is 4. The first-order valence-electron chi connectivity index (χ1n) is 24.9. The van der Waals surface area contributed by atoms with Gasteiger partial charge in [-0.1, -0.05) is 0 Å². The number of sulfonamides is 2. The number of nitriles is 2. The zero-order valence-corrected chi connectivity index (χ0v) is 48.5. The highest BCUT2D eigenvalue weighted by molar-refractivity contribution is 7.94. The summed E-state index contributed by atoms with van der Waals surface area (Å²) in [5.41, 5.74) is -8.27. The molecule has 0 aliphatic carbocycles. The molecule has 0 saturated carbocycles. The summed E-state index contributed by atoms with van der Waals surface area (Å²) in [7, 11) is 5.00. The molecule has 2 unspecified atom stereocenters. The molecular formula is C57H58N10O13S2. The largest absolute Gasteiger partial charge is 0.497 e. The lowest BCUT2D eigenvalue weighted by Gasteiger charge is -2.51. The quantitative estimate of drug-likeness (QED) is 0.108. The molecule has 0 spiro atoms. The second kappa shape index (κ2) is 22.1. The predicted molar refractivity (Wildman–Crippen MR) is 297 cm³/mol. The molecular weight excluding hydrogens is 1100 g/mol. The maximum atomic E-state index is 16.5. The van der Waals surface area contributed by atoms with Gasteiger partial charge in [0.15, 0.2) is 11.1 Å². The molecule has 4 aromatic carbocycles. The van der Waals surface area contributed by atoms with Crippen LogP contribution in [0.1, 0.15) is 46.7 Å². The second-order valence-electron chi connectivity index (χ2n) is 19.7. The monoisotopic (exact) mass is 1150 g/mol. The molecule has 0 bridgehead atoms. The van der Waals surface area contributed by atoms with E-state index in [2.05, 4.69) is 22.1 Å². The lowest BCUT2D eigenvalue weighted by molar-refractivity contribution is -0.152. The Morgan fingerprint density at radius 3 is 1.57 bits per heavy atom. The summed E-state index contributed by atoms with van der Waals surface area (Å²) in [4.78, 5) is 77.6. The molecule has 4 amide bonds. The predicted octanol–water partition coefficient (Wildman–Crippen LogP) is 4.48. The van der Waals surface area contributed by atoms with Crippen molar-refractivity contribution in [2.24, 2.45) is 0 Å². The third kappa shape index (κ3) is 8.92. The topological polar surface area (TPSA) is 276 Å². The molecule has 2 aliphatic rings. The minimum atomic E-state index is -5.06. The van der Waals surface area contributed by atoms with E-state index >= 15 is 36.0 Å². The number of ether oxygens (including phenoxy) is 5. The van der Waals surface area contributed by atoms with E-state index in [1.807, 2.05) is 0 Å². The van der Waals surface area contributed by atoms with Gasteiger partial charge in [0, 0.05) is 68.9 Å². The van der Waals surface area contributed by atoms with E-state index in [1.54, 1.807) is 0 Å². The van der Waals surface area contributed by atoms with Crippen LogP contribution in [0.4, 0.5) is 11.4 Å². The Bertz CT molecular complexity index is 3890. The van der Waals surface area contributed by atoms with Gasteiger partial charge in [-0.3, -0.25) is 29.0 Å². The van der Waals surface area contributed by atoms with Crippen molar-refractivity contribution in [1.29, 1.82) is 10.5 Å². The normalized spacial score (nSPS) is 17.7. The molecule has 2 aliphatic heterocycles. The summed E-state index contributed by atoms with van der Waals surface area (Å²) in [5, 5.41) is 21.0. The molecule has 4 heterocycles. The molecule has 0 fully saturated rings. The first kappa shape index (κ1) is 59.0. The van der Waals surface area contributed by atoms with Gasteiger partial charge in [-0.2, -0.15) is 10.5 Å². The van der Waals surface area contributed by atoms with Crippen molar-refractivity contribution in [2.75, 3.05) is 86.4 Å². The Kier molecular flexibility index (Phi) is 15.9. The molecule has 6 aromatic rings. The number of pyridine rings is 2. The van der Waals surface area contributed by atoms with Gasteiger partial charge < -0.3 is 33.5 Å². The van der Waals surface area contributed by atoms with Crippen LogP contribution >= 0.6 is 0 Å². The maximum absolute atomic E-state index is 16.5. The van der Waals surface area contributed by atoms with Gasteiger partial charge in [-0.25, -0.2) is 35.4 Å². The summed E-state index contributed by atoms with van der Waals surface area (Å²) in [6, 6.07) is 25.3. The smallest absolute Gasteiger partial charge is 0.274 e. The molecule has 2 aromatic heterocycles. The Hall–Kier alpha value is -9.14. The second-order valence-corrected chi connectivity index (χ2v) is 23.2. The van der Waals surface area contributed by atoms with Gasteiger partial charge in [0.1, 0.15) is 27.7 Å². The van der Waals surface area contributed by atoms with Gasteiger partial charge in [-0.05, 0) is 125 Å². The van der Waals surface area contributed by atoms with Gasteiger partial charge >= 0.3 is 0 Å². The fourth-order valence-corrected chi connectivity index (χ4v) is 14.1. The third-order valence-electron chi connectivity index (χ3n) is 15.1. The molecule has 426 valence electrons. The van der Waals surface area contributed by atoms with E-state index in [1.165, 1.54) is 220 Å². The van der Waals surface area contributed by atoms with Gasteiger partial charge in [0.25, 0.3) is 31.9 Å². The number of carbonyl (C=O) groups excluding carboxylic acids is 4. The summed E-state index contributed by atoms with van der Waals surface area (Å²) < 4.78 is 90.6. The fourth-order valence-electron chi connectivity index (χ4n) is 11.0. The Morgan fingerprint density at radius 2 is 1.10 bits per heavy atom. The minimum absolute atomic E-state index is 0.0220. The molecule has 25 heteroatoms. The number of nitrogens with zero attached hydrogens (tertiary/aromatic N) is 10. The Labute approximate surface area is 475 Å². The Morgan fingerprint density at radius 1 is 0.610 bits per heavy atom. The van der Waals surface area contributed by atoms with Crippen molar-refractivity contribution in [3.05, 3.63) is 149 Å². The number of fused-ring (bicyclic) bond motifs is 2. The van der Waals surface area contributed by atoms with Crippen LogP contribution in [0.25, 0.3) is 0 Å². The highest BCUT2D eigenvalue weighted by Gasteiger charge is 2.67. The summed E-state index contributed by atoms with van der Waals surface area (Å²) in [5.74, 6) is -4.02. The van der Waals surface area contributed by atoms with Crippen molar-refractivity contribution in [1.82, 2.24) is 29.6 Å². The van der Waals surface area contributed by atoms with E-state index < -0.39 is 77.7 Å². The van der Waals surface area contributed by atoms with E-state index in [4.69, 9.17) is 23.7 Å². The molecule has 8 rings (SSSR count). The average Bonchev–Trinajstić information content (AvgIpc) is 1.77. The minimum Gasteiger partial charge on any atom is -0.497 e. The molecule has 0 saturated heterocycles. The van der Waals surface area contributed by atoms with Crippen molar-refractivity contribution in [3.8, 4) is 41.1 Å². The molecule has 0 radical (unpaired) electrons. The van der Waals surface area contributed by atoms with E-state index in [0.29, 0.717) is 14.4 Å². The zero-order chi connectivity index (χ0) is 60.0. The SMILES string of the molecule is COc1ccc(S(=O)(=O)N2C(=O)[C@](c3cccnc3OC)(N(C)C(C)(CC(C(=O)N(C)C)N(C)[C@@]3(c4cccnc4OC)C(=O)N(S(=O)(=O)c4ccc(OC)cc4OC)c4ccc(C#N)cc43)C(=O)N(C)C)c3cc(C#N)ccc32)cc1. The highest BCUT2D eigenvalue weighted by atomic mass is 32.2. The van der Waals surface area contributed by atoms with Crippen molar-refractivity contribution in [3.63, 3.8) is 0 Å². The van der Waals surface area contributed by atoms with Crippen molar-refractivity contribution in [2.45, 2.75) is 45.8 Å². The third-order valence-corrected chi connectivity index (χ3v) is 18.5. The van der Waals surface area contributed by atoms with Gasteiger partial charge in [0.05, 0.1) is 81.1 Å². The van der Waals surface area contributed by atoms with Crippen LogP contribution in [0, 0.1) is 22.7 Å². The molecule has 0 N–H and O–H groups in total. The van der Waals surface area contributed by atoms with Gasteiger partial charge in [0.2, 0.25) is 23.6 Å². The summed E-state index contributed by atoms with van der Waals surface area (Å²) >= 11 is 0. The van der Waals surface area contributed by atoms with Crippen LogP contribution in [-0.4, -0.2) is 159 Å². The number of aromatic nitrogens is 2. The van der Waals surface area contributed by atoms with Crippen LogP contribution in [0.3, 0.4) is 0 Å². The number of hydrogen-bond donors (Lipinski definition) is 0. The summed E-state index contributed by atoms with van der Waals surface area (Å²) in [6.45, 7) is 1.42. The van der Waals surface area contributed by atoms with Crippen LogP contribution < -0.4 is 32.3 Å². The number of anilines is 2. The highest BCUT2D eigenvalue weighted by Crippen LogP contribution is 2.57. The number of hydrogen-bond acceptors (Lipinski definition) is 19. The van der Waals surface area contributed by atoms with Crippen LogP contribution in [0.2, 0.25) is 0 Å². The first-order chi connectivity index (χ1) is 38.9. The zero-order valence-electron chi connectivity index (χ0n) is 46.8. The first-order valence-corrected chi connectivity index (χ1v) is 27.8. The standard InChI is InChI=1S/C57H58N10O13S2/c1-55(52(69)63(4)5,65(7)57(41-16-14-28-61-50(41)80-12)43-30-36(34-59)18-25-45(43)66(54(57)71)81(72,73)39-22-19-37(76-8)20-23-39)32-46(51(68)62(2)3)64(6)56(40-15-13-27-60-49(40)79-11)42-29-35(33-58)17-24-44(42)67(53(56)70)82(74,75)48-26-21-38(77-9)31-47(48)78-10/h13-31,46H,32H2,1-12H3/t46?,55?,56-,57-/m1/s1. The van der Waals surface area contributed by atoms with E-state index in [0.717, 1.165) is 0 Å². The number of carbonyl (C=O) groups is 4. The number of rotatable bonds is 19. The fraction of sp³-hybridized carbons (Fsp3) is 0.298. The van der Waals surface area contributed by atoms with Crippen molar-refractivity contribution >= 4 is 55.1 Å². The Balaban J connectivity index is 1.46. The van der Waals surface area contributed by atoms with Crippen LogP contribution in [0.15, 0.2) is 125 Å². The van der Waals surface area contributed by atoms with Crippen molar-refractivity contribution < 1.29 is 59.7 Å². The number of likely N-dealkylation sites (N-methyl/N-ethyl adjacent to an activating group) is 4. The lowest BCUT2D eigenvalue weighted by atomic mass is 9.75. The van der Waals surface area contributed by atoms with E-state index in [9.17, 15) is 10.5 Å².